The van der Waals surface area contributed by atoms with Gasteiger partial charge in [0.15, 0.2) is 5.82 Å². The van der Waals surface area contributed by atoms with E-state index in [0.717, 1.165) is 24.2 Å². The highest BCUT2D eigenvalue weighted by atomic mass is 16.3. The minimum absolute atomic E-state index is 0.106. The Labute approximate surface area is 173 Å². The summed E-state index contributed by atoms with van der Waals surface area (Å²) in [6.07, 6.45) is 6.99. The number of phenols is 1. The van der Waals surface area contributed by atoms with Crippen LogP contribution < -0.4 is 5.32 Å². The van der Waals surface area contributed by atoms with Gasteiger partial charge in [-0.05, 0) is 25.0 Å². The van der Waals surface area contributed by atoms with Gasteiger partial charge in [0.05, 0.1) is 18.1 Å². The number of amides is 4. The molecule has 4 rings (SSSR count). The minimum atomic E-state index is -0.804. The molecule has 2 fully saturated rings. The zero-order chi connectivity index (χ0) is 21.3. The molecule has 2 aromatic rings. The summed E-state index contributed by atoms with van der Waals surface area (Å²) in [7, 11) is 1.64. The molecule has 0 bridgehead atoms. The first kappa shape index (κ1) is 19.8. The van der Waals surface area contributed by atoms with Crippen LogP contribution in [0, 0.1) is 0 Å². The van der Waals surface area contributed by atoms with Gasteiger partial charge in [0, 0.05) is 12.6 Å². The lowest BCUT2D eigenvalue weighted by Crippen LogP contribution is -2.49. The van der Waals surface area contributed by atoms with Crippen molar-refractivity contribution in [1.29, 1.82) is 0 Å². The standard InChI is InChI=1S/C21H23N5O4/c1-25-20(30)26(19(29)21(25)8-3-2-4-9-21)13-17(28)24-15-11-22-18(23-12-15)14-6-5-7-16(27)10-14/h5-7,10-12,27H,2-4,8-9,13H2,1H3,(H,24,28). The molecule has 0 radical (unpaired) electrons. The molecular weight excluding hydrogens is 386 g/mol. The lowest BCUT2D eigenvalue weighted by atomic mass is 9.81. The van der Waals surface area contributed by atoms with Crippen LogP contribution in [0.4, 0.5) is 10.5 Å². The third-order valence-electron chi connectivity index (χ3n) is 5.83. The van der Waals surface area contributed by atoms with Gasteiger partial charge in [-0.3, -0.25) is 14.5 Å². The summed E-state index contributed by atoms with van der Waals surface area (Å²) in [5, 5.41) is 12.2. The van der Waals surface area contributed by atoms with E-state index < -0.39 is 17.5 Å². The third-order valence-corrected chi connectivity index (χ3v) is 5.83. The zero-order valence-electron chi connectivity index (χ0n) is 16.7. The zero-order valence-corrected chi connectivity index (χ0v) is 16.7. The molecule has 1 saturated heterocycles. The first-order chi connectivity index (χ1) is 14.4. The second-order valence-electron chi connectivity index (χ2n) is 7.72. The molecular formula is C21H23N5O4. The average Bonchev–Trinajstić information content (AvgIpc) is 2.91. The van der Waals surface area contributed by atoms with Crippen LogP contribution in [0.2, 0.25) is 0 Å². The first-order valence-corrected chi connectivity index (χ1v) is 9.92. The molecule has 1 saturated carbocycles. The molecule has 1 aromatic heterocycles. The van der Waals surface area contributed by atoms with Gasteiger partial charge in [0.2, 0.25) is 5.91 Å². The quantitative estimate of drug-likeness (QED) is 0.749. The van der Waals surface area contributed by atoms with E-state index in [1.165, 1.54) is 23.4 Å². The fourth-order valence-electron chi connectivity index (χ4n) is 4.20. The molecule has 4 amide bonds. The van der Waals surface area contributed by atoms with Gasteiger partial charge in [0.1, 0.15) is 17.8 Å². The summed E-state index contributed by atoms with van der Waals surface area (Å²) in [6, 6.07) is 6.09. The number of aromatic nitrogens is 2. The molecule has 0 unspecified atom stereocenters. The van der Waals surface area contributed by atoms with E-state index in [1.54, 1.807) is 25.2 Å². The number of aromatic hydroxyl groups is 1. The van der Waals surface area contributed by atoms with E-state index in [4.69, 9.17) is 0 Å². The van der Waals surface area contributed by atoms with Crippen LogP contribution in [-0.4, -0.2) is 61.9 Å². The van der Waals surface area contributed by atoms with Crippen molar-refractivity contribution in [2.45, 2.75) is 37.6 Å². The Morgan fingerprint density at radius 1 is 1.17 bits per heavy atom. The molecule has 156 valence electrons. The van der Waals surface area contributed by atoms with Crippen LogP contribution in [0.5, 0.6) is 5.75 Å². The van der Waals surface area contributed by atoms with E-state index in [2.05, 4.69) is 15.3 Å². The second-order valence-corrected chi connectivity index (χ2v) is 7.72. The van der Waals surface area contributed by atoms with Gasteiger partial charge >= 0.3 is 6.03 Å². The van der Waals surface area contributed by atoms with Crippen molar-refractivity contribution >= 4 is 23.5 Å². The predicted molar refractivity (Wildman–Crippen MR) is 108 cm³/mol. The second kappa shape index (κ2) is 7.74. The summed E-state index contributed by atoms with van der Waals surface area (Å²) in [6.45, 7) is -0.349. The van der Waals surface area contributed by atoms with Crippen LogP contribution in [0.15, 0.2) is 36.7 Å². The Morgan fingerprint density at radius 2 is 1.87 bits per heavy atom. The molecule has 1 aliphatic carbocycles. The number of hydrogen-bond donors (Lipinski definition) is 2. The number of nitrogens with one attached hydrogen (secondary N) is 1. The number of benzene rings is 1. The van der Waals surface area contributed by atoms with E-state index in [9.17, 15) is 19.5 Å². The average molecular weight is 409 g/mol. The van der Waals surface area contributed by atoms with Gasteiger partial charge in [-0.2, -0.15) is 0 Å². The number of nitrogens with zero attached hydrogens (tertiary/aromatic N) is 4. The molecule has 2 heterocycles. The summed E-state index contributed by atoms with van der Waals surface area (Å²) in [5.74, 6) is -0.282. The molecule has 0 atom stereocenters. The molecule has 2 aliphatic rings. The van der Waals surface area contributed by atoms with Crippen molar-refractivity contribution in [3.8, 4) is 17.1 Å². The smallest absolute Gasteiger partial charge is 0.327 e. The van der Waals surface area contributed by atoms with E-state index >= 15 is 0 Å². The maximum absolute atomic E-state index is 13.0. The van der Waals surface area contributed by atoms with Crippen molar-refractivity contribution < 1.29 is 19.5 Å². The third kappa shape index (κ3) is 3.47. The van der Waals surface area contributed by atoms with Gasteiger partial charge < -0.3 is 15.3 Å². The van der Waals surface area contributed by atoms with Crippen molar-refractivity contribution in [2.75, 3.05) is 18.9 Å². The number of anilines is 1. The number of rotatable bonds is 4. The number of likely N-dealkylation sites (N-methyl/N-ethyl adjacent to an activating group) is 1. The maximum atomic E-state index is 13.0. The number of hydrogen-bond acceptors (Lipinski definition) is 6. The molecule has 2 N–H and O–H groups in total. The summed E-state index contributed by atoms with van der Waals surface area (Å²) >= 11 is 0. The molecule has 9 heteroatoms. The Balaban J connectivity index is 1.42. The van der Waals surface area contributed by atoms with Crippen molar-refractivity contribution in [2.24, 2.45) is 0 Å². The number of carbonyl (C=O) groups excluding carboxylic acids is 3. The van der Waals surface area contributed by atoms with E-state index in [0.29, 0.717) is 29.9 Å². The molecule has 1 spiro atoms. The number of imide groups is 1. The SMILES string of the molecule is CN1C(=O)N(CC(=O)Nc2cnc(-c3cccc(O)c3)nc2)C(=O)C12CCCCC2. The monoisotopic (exact) mass is 409 g/mol. The van der Waals surface area contributed by atoms with Crippen molar-refractivity contribution in [1.82, 2.24) is 19.8 Å². The van der Waals surface area contributed by atoms with Crippen LogP contribution in [0.3, 0.4) is 0 Å². The molecule has 30 heavy (non-hydrogen) atoms. The predicted octanol–water partition coefficient (Wildman–Crippen LogP) is 2.38. The molecule has 1 aliphatic heterocycles. The molecule has 9 nitrogen and oxygen atoms in total. The molecule has 1 aromatic carbocycles. The Hall–Kier alpha value is -3.49. The Bertz CT molecular complexity index is 985. The summed E-state index contributed by atoms with van der Waals surface area (Å²) in [5.41, 5.74) is 0.187. The lowest BCUT2D eigenvalue weighted by molar-refractivity contribution is -0.136. The van der Waals surface area contributed by atoms with Crippen LogP contribution in [-0.2, 0) is 9.59 Å². The number of phenolic OH excluding ortho intramolecular Hbond substituents is 1. The number of carbonyl (C=O) groups is 3. The topological polar surface area (TPSA) is 116 Å². The number of urea groups is 1. The van der Waals surface area contributed by atoms with Gasteiger partial charge in [-0.1, -0.05) is 31.4 Å². The van der Waals surface area contributed by atoms with Gasteiger partial charge in [-0.25, -0.2) is 14.8 Å². The summed E-state index contributed by atoms with van der Waals surface area (Å²) < 4.78 is 0. The van der Waals surface area contributed by atoms with Crippen LogP contribution in [0.25, 0.3) is 11.4 Å². The summed E-state index contributed by atoms with van der Waals surface area (Å²) in [4.78, 5) is 49.0. The maximum Gasteiger partial charge on any atom is 0.327 e. The Morgan fingerprint density at radius 3 is 2.53 bits per heavy atom. The van der Waals surface area contributed by atoms with Crippen LogP contribution >= 0.6 is 0 Å². The van der Waals surface area contributed by atoms with Crippen molar-refractivity contribution in [3.05, 3.63) is 36.7 Å². The van der Waals surface area contributed by atoms with Crippen molar-refractivity contribution in [3.63, 3.8) is 0 Å². The highest BCUT2D eigenvalue weighted by Gasteiger charge is 2.55. The fourth-order valence-corrected chi connectivity index (χ4v) is 4.20. The minimum Gasteiger partial charge on any atom is -0.508 e. The van der Waals surface area contributed by atoms with Gasteiger partial charge in [0.25, 0.3) is 5.91 Å². The highest BCUT2D eigenvalue weighted by molar-refractivity contribution is 6.10. The normalized spacial score (nSPS) is 18.2. The van der Waals surface area contributed by atoms with E-state index in [1.807, 2.05) is 0 Å². The highest BCUT2D eigenvalue weighted by Crippen LogP contribution is 2.39. The Kier molecular flexibility index (Phi) is 5.11. The van der Waals surface area contributed by atoms with E-state index in [-0.39, 0.29) is 18.2 Å². The van der Waals surface area contributed by atoms with Crippen LogP contribution in [0.1, 0.15) is 32.1 Å². The lowest BCUT2D eigenvalue weighted by Gasteiger charge is -2.35. The largest absolute Gasteiger partial charge is 0.508 e. The first-order valence-electron chi connectivity index (χ1n) is 9.92. The van der Waals surface area contributed by atoms with Gasteiger partial charge in [-0.15, -0.1) is 0 Å². The fraction of sp³-hybridized carbons (Fsp3) is 0.381.